The predicted molar refractivity (Wildman–Crippen MR) is 86.7 cm³/mol. The van der Waals surface area contributed by atoms with Crippen molar-refractivity contribution in [1.29, 1.82) is 10.5 Å². The van der Waals surface area contributed by atoms with E-state index in [9.17, 15) is 0 Å². The molecule has 0 spiro atoms. The van der Waals surface area contributed by atoms with Crippen molar-refractivity contribution in [3.63, 3.8) is 0 Å². The maximum Gasteiger partial charge on any atom is 0.137 e. The molecule has 1 aliphatic heterocycles. The van der Waals surface area contributed by atoms with Crippen LogP contribution in [-0.2, 0) is 0 Å². The molecule has 1 aliphatic carbocycles. The number of hydrogen-bond donors (Lipinski definition) is 0. The van der Waals surface area contributed by atoms with E-state index in [2.05, 4.69) is 6.08 Å². The minimum atomic E-state index is 0.148. The highest BCUT2D eigenvalue weighted by Gasteiger charge is 2.20. The van der Waals surface area contributed by atoms with Crippen LogP contribution >= 0.6 is 0 Å². The van der Waals surface area contributed by atoms with E-state index >= 15 is 0 Å². The van der Waals surface area contributed by atoms with Gasteiger partial charge in [-0.1, -0.05) is 24.3 Å². The second-order valence-corrected chi connectivity index (χ2v) is 5.10. The molecule has 0 bridgehead atoms. The molecule has 1 heterocycles. The average molecular weight is 283 g/mol. The Morgan fingerprint density at radius 1 is 1.05 bits per heavy atom. The third-order valence-electron chi connectivity index (χ3n) is 3.65. The zero-order chi connectivity index (χ0) is 15.5. The van der Waals surface area contributed by atoms with Crippen molar-refractivity contribution in [2.75, 3.05) is 7.05 Å². The molecule has 104 valence electrons. The summed E-state index contributed by atoms with van der Waals surface area (Å²) in [6, 6.07) is 11.8. The maximum atomic E-state index is 9.15. The molecule has 3 nitrogen and oxygen atoms in total. The second-order valence-electron chi connectivity index (χ2n) is 5.10. The molecule has 0 radical (unpaired) electrons. The summed E-state index contributed by atoms with van der Waals surface area (Å²) in [5.41, 5.74) is 4.93. The average Bonchev–Trinajstić information content (AvgIpc) is 2.90. The van der Waals surface area contributed by atoms with E-state index in [1.54, 1.807) is 0 Å². The molecule has 0 saturated heterocycles. The van der Waals surface area contributed by atoms with E-state index in [1.165, 1.54) is 0 Å². The Bertz CT molecular complexity index is 833. The van der Waals surface area contributed by atoms with Crippen molar-refractivity contribution in [1.82, 2.24) is 4.90 Å². The number of rotatable bonds is 1. The Morgan fingerprint density at radius 2 is 1.68 bits per heavy atom. The molecule has 0 N–H and O–H groups in total. The Kier molecular flexibility index (Phi) is 3.48. The number of allylic oxidation sites excluding steroid dienone is 8. The monoisotopic (exact) mass is 283 g/mol. The highest BCUT2D eigenvalue weighted by atomic mass is 15.0. The third kappa shape index (κ3) is 2.37. The first-order valence-corrected chi connectivity index (χ1v) is 6.89. The molecule has 3 rings (SSSR count). The first-order valence-electron chi connectivity index (χ1n) is 6.89. The fourth-order valence-electron chi connectivity index (χ4n) is 2.54. The van der Waals surface area contributed by atoms with Gasteiger partial charge < -0.3 is 4.90 Å². The van der Waals surface area contributed by atoms with Crippen molar-refractivity contribution in [3.8, 4) is 12.1 Å². The van der Waals surface area contributed by atoms with Crippen molar-refractivity contribution < 1.29 is 0 Å². The van der Waals surface area contributed by atoms with E-state index in [-0.39, 0.29) is 5.57 Å². The summed E-state index contributed by atoms with van der Waals surface area (Å²) in [7, 11) is 1.97. The predicted octanol–water partition coefficient (Wildman–Crippen LogP) is 3.78. The summed E-state index contributed by atoms with van der Waals surface area (Å²) in [5.74, 6) is 0. The van der Waals surface area contributed by atoms with Crippen LogP contribution in [0.2, 0.25) is 0 Å². The van der Waals surface area contributed by atoms with Gasteiger partial charge in [-0.25, -0.2) is 0 Å². The van der Waals surface area contributed by atoms with Gasteiger partial charge in [-0.05, 0) is 46.6 Å². The van der Waals surface area contributed by atoms with Gasteiger partial charge in [-0.3, -0.25) is 0 Å². The quantitative estimate of drug-likeness (QED) is 0.737. The summed E-state index contributed by atoms with van der Waals surface area (Å²) in [6.45, 7) is 0. The van der Waals surface area contributed by atoms with Gasteiger partial charge in [0.05, 0.1) is 0 Å². The van der Waals surface area contributed by atoms with E-state index < -0.39 is 0 Å². The van der Waals surface area contributed by atoms with Gasteiger partial charge in [0, 0.05) is 25.0 Å². The zero-order valence-electron chi connectivity index (χ0n) is 12.1. The van der Waals surface area contributed by atoms with E-state index in [0.717, 1.165) is 22.3 Å². The molecule has 0 unspecified atom stereocenters. The maximum absolute atomic E-state index is 9.15. The third-order valence-corrected chi connectivity index (χ3v) is 3.65. The van der Waals surface area contributed by atoms with Gasteiger partial charge in [-0.2, -0.15) is 10.5 Å². The van der Waals surface area contributed by atoms with Gasteiger partial charge >= 0.3 is 0 Å². The van der Waals surface area contributed by atoms with Crippen molar-refractivity contribution in [3.05, 3.63) is 83.2 Å². The minimum absolute atomic E-state index is 0.148. The summed E-state index contributed by atoms with van der Waals surface area (Å²) < 4.78 is 0. The standard InChI is InChI=1S/C19H13N3/c1-22-8-6-14(7-9-22)10-15-11-19(16(12-20)13-21)18-5-3-2-4-17(15)18/h2-11H,1H3. The van der Waals surface area contributed by atoms with Crippen molar-refractivity contribution in [2.24, 2.45) is 0 Å². The molecule has 22 heavy (non-hydrogen) atoms. The number of nitrogens with zero attached hydrogens (tertiary/aromatic N) is 3. The van der Waals surface area contributed by atoms with Crippen LogP contribution in [0.15, 0.2) is 72.1 Å². The molecule has 0 atom stereocenters. The topological polar surface area (TPSA) is 50.8 Å². The number of fused-ring (bicyclic) bond motifs is 1. The highest BCUT2D eigenvalue weighted by Crippen LogP contribution is 2.38. The lowest BCUT2D eigenvalue weighted by Crippen LogP contribution is -2.03. The largest absolute Gasteiger partial charge is 0.357 e. The fraction of sp³-hybridized carbons (Fsp3) is 0.0526. The van der Waals surface area contributed by atoms with Crippen LogP contribution in [0.1, 0.15) is 11.1 Å². The summed E-state index contributed by atoms with van der Waals surface area (Å²) in [4.78, 5) is 1.98. The molecular weight excluding hydrogens is 270 g/mol. The normalized spacial score (nSPS) is 15.0. The minimum Gasteiger partial charge on any atom is -0.357 e. The first-order chi connectivity index (χ1) is 10.7. The Morgan fingerprint density at radius 3 is 2.32 bits per heavy atom. The fourth-order valence-corrected chi connectivity index (χ4v) is 2.54. The molecule has 2 aliphatic rings. The Balaban J connectivity index is 2.12. The Labute approximate surface area is 129 Å². The van der Waals surface area contributed by atoms with Gasteiger partial charge in [-0.15, -0.1) is 0 Å². The molecule has 0 amide bonds. The molecule has 0 saturated carbocycles. The van der Waals surface area contributed by atoms with Crippen LogP contribution < -0.4 is 0 Å². The number of nitriles is 2. The lowest BCUT2D eigenvalue weighted by atomic mass is 10.0. The van der Waals surface area contributed by atoms with Gasteiger partial charge in [0.1, 0.15) is 17.7 Å². The van der Waals surface area contributed by atoms with E-state index in [1.807, 2.05) is 79.0 Å². The molecule has 1 aromatic carbocycles. The lowest BCUT2D eigenvalue weighted by Gasteiger charge is -2.12. The van der Waals surface area contributed by atoms with Crippen LogP contribution in [0.25, 0.3) is 11.1 Å². The summed E-state index contributed by atoms with van der Waals surface area (Å²) in [6.07, 6.45) is 12.0. The van der Waals surface area contributed by atoms with Crippen LogP contribution in [0.5, 0.6) is 0 Å². The molecule has 3 heteroatoms. The zero-order valence-corrected chi connectivity index (χ0v) is 12.1. The van der Waals surface area contributed by atoms with Crippen LogP contribution in [0, 0.1) is 22.7 Å². The summed E-state index contributed by atoms with van der Waals surface area (Å²) >= 11 is 0. The van der Waals surface area contributed by atoms with Crippen LogP contribution in [-0.4, -0.2) is 11.9 Å². The smallest absolute Gasteiger partial charge is 0.137 e. The van der Waals surface area contributed by atoms with Crippen molar-refractivity contribution in [2.45, 2.75) is 0 Å². The highest BCUT2D eigenvalue weighted by molar-refractivity contribution is 6.01. The number of hydrogen-bond acceptors (Lipinski definition) is 3. The SMILES string of the molecule is CN1C=CC(=CC2=CC(=C(C#N)C#N)c3ccccc32)C=C1. The second kappa shape index (κ2) is 5.60. The van der Waals surface area contributed by atoms with E-state index in [4.69, 9.17) is 10.5 Å². The Hall–Kier alpha value is -3.30. The number of benzene rings is 1. The first kappa shape index (κ1) is 13.7. The van der Waals surface area contributed by atoms with Crippen molar-refractivity contribution >= 4 is 11.1 Å². The molecule has 0 fully saturated rings. The van der Waals surface area contributed by atoms with Crippen LogP contribution in [0.3, 0.4) is 0 Å². The molecule has 1 aromatic rings. The summed E-state index contributed by atoms with van der Waals surface area (Å²) in [5, 5.41) is 18.3. The van der Waals surface area contributed by atoms with Crippen LogP contribution in [0.4, 0.5) is 0 Å². The molecular formula is C19H13N3. The lowest BCUT2D eigenvalue weighted by molar-refractivity contribution is 0.620. The van der Waals surface area contributed by atoms with Gasteiger partial charge in [0.2, 0.25) is 0 Å². The van der Waals surface area contributed by atoms with E-state index in [0.29, 0.717) is 5.57 Å². The van der Waals surface area contributed by atoms with Gasteiger partial charge in [0.15, 0.2) is 0 Å². The van der Waals surface area contributed by atoms with Gasteiger partial charge in [0.25, 0.3) is 0 Å². The molecule has 0 aromatic heterocycles.